The van der Waals surface area contributed by atoms with E-state index < -0.39 is 64.7 Å². The van der Waals surface area contributed by atoms with E-state index in [1.54, 1.807) is 0 Å². The van der Waals surface area contributed by atoms with Gasteiger partial charge >= 0.3 is 5.97 Å². The fourth-order valence-electron chi connectivity index (χ4n) is 3.41. The minimum absolute atomic E-state index is 0.00834. The quantitative estimate of drug-likeness (QED) is 0.0246. The summed E-state index contributed by atoms with van der Waals surface area (Å²) in [5.41, 5.74) is 25.1. The van der Waals surface area contributed by atoms with E-state index in [4.69, 9.17) is 16.6 Å². The molecule has 42 heavy (non-hydrogen) atoms. The molecule has 2 amide bonds. The molecule has 15 nitrogen and oxygen atoms in total. The van der Waals surface area contributed by atoms with Gasteiger partial charge in [0, 0.05) is 40.8 Å². The minimum atomic E-state index is -2.47. The Morgan fingerprint density at radius 1 is 0.667 bits per heavy atom. The Hall–Kier alpha value is -4.79. The summed E-state index contributed by atoms with van der Waals surface area (Å²) >= 11 is 0. The van der Waals surface area contributed by atoms with Crippen LogP contribution < -0.4 is 15.4 Å². The Balaban J connectivity index is 3.16. The highest BCUT2D eigenvalue weighted by molar-refractivity contribution is 5.91. The molecule has 0 aliphatic rings. The van der Waals surface area contributed by atoms with Crippen molar-refractivity contribution < 1.29 is 41.1 Å². The lowest BCUT2D eigenvalue weighted by Crippen LogP contribution is -2.52. The average Bonchev–Trinajstić information content (AvgIpc) is 2.97. The first-order chi connectivity index (χ1) is 20.1. The number of halogens is 5. The highest BCUT2D eigenvalue weighted by atomic mass is 19.2. The summed E-state index contributed by atoms with van der Waals surface area (Å²) in [6.45, 7) is 0.0883. The lowest BCUT2D eigenvalue weighted by molar-refractivity contribution is -0.140. The third kappa shape index (κ3) is 11.8. The molecule has 0 aliphatic heterocycles. The second-order valence-electron chi connectivity index (χ2n) is 8.46. The number of hydrogen-bond donors (Lipinski definition) is 2. The first-order valence-corrected chi connectivity index (χ1v) is 12.4. The minimum Gasteiger partial charge on any atom is -0.418 e. The fraction of sp³-hybridized carbons (Fsp3) is 0.591. The third-order valence-corrected chi connectivity index (χ3v) is 5.48. The number of unbranched alkanes of at least 4 members (excludes halogenated alkanes) is 2. The van der Waals surface area contributed by atoms with E-state index in [1.165, 1.54) is 0 Å². The van der Waals surface area contributed by atoms with Crippen LogP contribution in [0.25, 0.3) is 31.3 Å². The fourth-order valence-corrected chi connectivity index (χ4v) is 3.41. The van der Waals surface area contributed by atoms with Gasteiger partial charge in [0.2, 0.25) is 46.6 Å². The second kappa shape index (κ2) is 19.3. The van der Waals surface area contributed by atoms with Crippen molar-refractivity contribution in [1.82, 2.24) is 10.6 Å². The summed E-state index contributed by atoms with van der Waals surface area (Å²) in [5, 5.41) is 14.6. The van der Waals surface area contributed by atoms with Gasteiger partial charge in [0.1, 0.15) is 12.1 Å². The zero-order valence-corrected chi connectivity index (χ0v) is 22.0. The summed E-state index contributed by atoms with van der Waals surface area (Å²) in [6, 6.07) is -2.96. The number of nitrogens with zero attached hydrogens (tertiary/aromatic N) is 9. The SMILES string of the molecule is [N-]=[N+]=NCCCC[C@H](NC(=O)CCCN=[N+]=[N-])C(=O)N[C@@H](CCCCN=[N+]=[N-])C(=O)Oc1c(F)c(F)c(F)c(F)c1F. The van der Waals surface area contributed by atoms with Gasteiger partial charge in [-0.05, 0) is 48.7 Å². The molecule has 0 fully saturated rings. The van der Waals surface area contributed by atoms with Gasteiger partial charge in [-0.3, -0.25) is 9.59 Å². The zero-order chi connectivity index (χ0) is 31.5. The van der Waals surface area contributed by atoms with Crippen LogP contribution in [0.2, 0.25) is 0 Å². The molecule has 0 heterocycles. The predicted octanol–water partition coefficient (Wildman–Crippen LogP) is 5.31. The topological polar surface area (TPSA) is 231 Å². The molecular formula is C22H26F5N11O4. The van der Waals surface area contributed by atoms with Gasteiger partial charge in [0.15, 0.2) is 0 Å². The Bertz CT molecular complexity index is 1240. The van der Waals surface area contributed by atoms with E-state index in [0.717, 1.165) is 0 Å². The molecule has 0 aromatic heterocycles. The van der Waals surface area contributed by atoms with Crippen LogP contribution in [0.15, 0.2) is 15.3 Å². The van der Waals surface area contributed by atoms with Crippen molar-refractivity contribution >= 4 is 17.8 Å². The van der Waals surface area contributed by atoms with E-state index in [9.17, 15) is 36.3 Å². The van der Waals surface area contributed by atoms with Gasteiger partial charge in [-0.15, -0.1) is 0 Å². The monoisotopic (exact) mass is 603 g/mol. The maximum absolute atomic E-state index is 14.1. The van der Waals surface area contributed by atoms with E-state index in [0.29, 0.717) is 6.42 Å². The maximum Gasteiger partial charge on any atom is 0.334 e. The molecule has 0 unspecified atom stereocenters. The van der Waals surface area contributed by atoms with Crippen molar-refractivity contribution in [2.24, 2.45) is 15.3 Å². The Kier molecular flexibility index (Phi) is 16.2. The van der Waals surface area contributed by atoms with Crippen LogP contribution in [-0.2, 0) is 14.4 Å². The molecule has 1 rings (SSSR count). The van der Waals surface area contributed by atoms with Crippen molar-refractivity contribution in [2.75, 3.05) is 19.6 Å². The lowest BCUT2D eigenvalue weighted by atomic mass is 10.1. The molecule has 0 spiro atoms. The molecule has 0 radical (unpaired) electrons. The number of hydrogen-bond acceptors (Lipinski definition) is 7. The highest BCUT2D eigenvalue weighted by Gasteiger charge is 2.32. The van der Waals surface area contributed by atoms with Crippen LogP contribution in [-0.4, -0.2) is 49.5 Å². The molecule has 0 aliphatic carbocycles. The van der Waals surface area contributed by atoms with Crippen molar-refractivity contribution in [3.8, 4) is 5.75 Å². The largest absolute Gasteiger partial charge is 0.418 e. The van der Waals surface area contributed by atoms with Gasteiger partial charge < -0.3 is 15.4 Å². The standard InChI is InChI=1S/C22H26F5N11O4/c23-15-16(24)18(26)20(19(27)17(15)25)42-22(41)13(7-2-4-10-32-37-29)35-21(40)12(6-1-3-9-31-36-28)34-14(39)8-5-11-33-38-30/h12-13H,1-11H2,(H,34,39)(H,35,40)/t12-,13-/m0/s1. The number of carbonyl (C=O) groups excluding carboxylic acids is 3. The number of benzene rings is 1. The maximum atomic E-state index is 14.1. The van der Waals surface area contributed by atoms with E-state index >= 15 is 0 Å². The second-order valence-corrected chi connectivity index (χ2v) is 8.46. The first-order valence-electron chi connectivity index (χ1n) is 12.4. The van der Waals surface area contributed by atoms with Crippen LogP contribution in [0, 0.1) is 29.1 Å². The summed E-state index contributed by atoms with van der Waals surface area (Å²) in [6.07, 6.45) is 0.606. The van der Waals surface area contributed by atoms with Gasteiger partial charge in [0.25, 0.3) is 0 Å². The van der Waals surface area contributed by atoms with E-state index in [2.05, 4.69) is 45.4 Å². The van der Waals surface area contributed by atoms with Gasteiger partial charge in [-0.1, -0.05) is 28.2 Å². The number of ether oxygens (including phenoxy) is 1. The van der Waals surface area contributed by atoms with Crippen LogP contribution in [0.3, 0.4) is 0 Å². The molecule has 0 saturated heterocycles. The number of rotatable bonds is 19. The van der Waals surface area contributed by atoms with Crippen LogP contribution in [0.1, 0.15) is 51.4 Å². The lowest BCUT2D eigenvalue weighted by Gasteiger charge is -2.23. The summed E-state index contributed by atoms with van der Waals surface area (Å²) in [4.78, 5) is 45.9. The van der Waals surface area contributed by atoms with Gasteiger partial charge in [-0.2, -0.15) is 8.78 Å². The summed E-state index contributed by atoms with van der Waals surface area (Å²) < 4.78 is 73.2. The number of amides is 2. The molecular weight excluding hydrogens is 577 g/mol. The smallest absolute Gasteiger partial charge is 0.334 e. The number of azide groups is 3. The normalized spacial score (nSPS) is 11.6. The Labute approximate surface area is 234 Å². The summed E-state index contributed by atoms with van der Waals surface area (Å²) in [7, 11) is 0. The van der Waals surface area contributed by atoms with E-state index in [-0.39, 0.29) is 64.6 Å². The van der Waals surface area contributed by atoms with Crippen molar-refractivity contribution in [3.05, 3.63) is 60.4 Å². The predicted molar refractivity (Wildman–Crippen MR) is 135 cm³/mol. The molecule has 20 heteroatoms. The molecule has 228 valence electrons. The number of carbonyl (C=O) groups is 3. The zero-order valence-electron chi connectivity index (χ0n) is 22.0. The molecule has 2 atom stereocenters. The van der Waals surface area contributed by atoms with Crippen molar-refractivity contribution in [1.29, 1.82) is 0 Å². The van der Waals surface area contributed by atoms with Crippen molar-refractivity contribution in [2.45, 2.75) is 63.5 Å². The molecule has 2 N–H and O–H groups in total. The van der Waals surface area contributed by atoms with Gasteiger partial charge in [0.05, 0.1) is 0 Å². The molecule has 0 saturated carbocycles. The van der Waals surface area contributed by atoms with E-state index in [1.807, 2.05) is 0 Å². The molecule has 1 aromatic rings. The van der Waals surface area contributed by atoms with Crippen molar-refractivity contribution in [3.63, 3.8) is 0 Å². The first kappa shape index (κ1) is 35.2. The third-order valence-electron chi connectivity index (χ3n) is 5.48. The molecule has 0 bridgehead atoms. The van der Waals surface area contributed by atoms with Crippen LogP contribution >= 0.6 is 0 Å². The number of nitrogens with one attached hydrogen (secondary N) is 2. The molecule has 1 aromatic carbocycles. The Morgan fingerprint density at radius 3 is 1.62 bits per heavy atom. The van der Waals surface area contributed by atoms with Crippen LogP contribution in [0.5, 0.6) is 5.75 Å². The average molecular weight is 604 g/mol. The van der Waals surface area contributed by atoms with Crippen LogP contribution in [0.4, 0.5) is 22.0 Å². The number of esters is 1. The summed E-state index contributed by atoms with van der Waals surface area (Å²) in [5.74, 6) is -17.0. The van der Waals surface area contributed by atoms with Gasteiger partial charge in [-0.25, -0.2) is 18.0 Å². The Morgan fingerprint density at radius 2 is 1.12 bits per heavy atom. The highest BCUT2D eigenvalue weighted by Crippen LogP contribution is 2.29.